The molecule has 29 heavy (non-hydrogen) atoms. The minimum Gasteiger partial charge on any atom is -0.382 e. The highest BCUT2D eigenvalue weighted by Crippen LogP contribution is 2.31. The number of fused-ring (bicyclic) bond motifs is 1. The van der Waals surface area contributed by atoms with E-state index in [0.717, 1.165) is 31.4 Å². The second-order valence-electron chi connectivity index (χ2n) is 7.47. The smallest absolute Gasteiger partial charge is 0.270 e. The van der Waals surface area contributed by atoms with Crippen molar-refractivity contribution in [2.24, 2.45) is 0 Å². The van der Waals surface area contributed by atoms with E-state index in [2.05, 4.69) is 16.7 Å². The molecule has 2 heterocycles. The normalized spacial score (nSPS) is 19.4. The van der Waals surface area contributed by atoms with Gasteiger partial charge in [-0.25, -0.2) is 8.42 Å². The van der Waals surface area contributed by atoms with Gasteiger partial charge in [0.1, 0.15) is 4.90 Å². The Morgan fingerprint density at radius 2 is 1.93 bits per heavy atom. The minimum atomic E-state index is -3.78. The number of rotatable bonds is 6. The maximum absolute atomic E-state index is 13.1. The second kappa shape index (κ2) is 8.00. The van der Waals surface area contributed by atoms with Gasteiger partial charge in [0.05, 0.1) is 10.6 Å². The zero-order valence-electron chi connectivity index (χ0n) is 16.0. The van der Waals surface area contributed by atoms with Crippen LogP contribution in [-0.2, 0) is 16.4 Å². The van der Waals surface area contributed by atoms with Crippen molar-refractivity contribution in [3.05, 3.63) is 58.1 Å². The van der Waals surface area contributed by atoms with E-state index in [-0.39, 0.29) is 16.6 Å². The summed E-state index contributed by atoms with van der Waals surface area (Å²) in [6.07, 6.45) is 3.49. The number of nitro groups is 1. The molecule has 8 nitrogen and oxygen atoms in total. The van der Waals surface area contributed by atoms with Gasteiger partial charge in [-0.3, -0.25) is 10.1 Å². The summed E-state index contributed by atoms with van der Waals surface area (Å²) in [5.41, 5.74) is 2.55. The van der Waals surface area contributed by atoms with Crippen LogP contribution < -0.4 is 10.6 Å². The molecule has 1 saturated heterocycles. The first kappa shape index (κ1) is 19.7. The molecule has 0 radical (unpaired) electrons. The quantitative estimate of drug-likeness (QED) is 0.553. The zero-order chi connectivity index (χ0) is 20.4. The molecule has 1 unspecified atom stereocenters. The van der Waals surface area contributed by atoms with Crippen molar-refractivity contribution in [1.29, 1.82) is 0 Å². The van der Waals surface area contributed by atoms with Gasteiger partial charge in [-0.1, -0.05) is 18.2 Å². The second-order valence-corrected chi connectivity index (χ2v) is 9.37. The Morgan fingerprint density at radius 1 is 1.17 bits per heavy atom. The van der Waals surface area contributed by atoms with E-state index < -0.39 is 14.9 Å². The molecule has 154 valence electrons. The van der Waals surface area contributed by atoms with Crippen LogP contribution in [0.4, 0.5) is 17.1 Å². The molecule has 1 fully saturated rings. The summed E-state index contributed by atoms with van der Waals surface area (Å²) >= 11 is 0. The van der Waals surface area contributed by atoms with Crippen LogP contribution in [0.3, 0.4) is 0 Å². The van der Waals surface area contributed by atoms with Crippen molar-refractivity contribution < 1.29 is 13.3 Å². The number of para-hydroxylation sites is 1. The Hall–Kier alpha value is -2.65. The highest BCUT2D eigenvalue weighted by Gasteiger charge is 2.31. The Morgan fingerprint density at radius 3 is 2.69 bits per heavy atom. The summed E-state index contributed by atoms with van der Waals surface area (Å²) in [5, 5.41) is 17.9. The van der Waals surface area contributed by atoms with Gasteiger partial charge in [-0.2, -0.15) is 4.31 Å². The minimum absolute atomic E-state index is 0.0233. The summed E-state index contributed by atoms with van der Waals surface area (Å²) < 4.78 is 27.6. The molecule has 0 aliphatic carbocycles. The molecule has 0 spiro atoms. The highest BCUT2D eigenvalue weighted by molar-refractivity contribution is 7.89. The van der Waals surface area contributed by atoms with Crippen LogP contribution in [0.1, 0.15) is 24.8 Å². The number of non-ortho nitro benzene ring substituents is 1. The average Bonchev–Trinajstić information content (AvgIpc) is 3.27. The van der Waals surface area contributed by atoms with Gasteiger partial charge >= 0.3 is 0 Å². The fraction of sp³-hybridized carbons (Fsp3) is 0.400. The number of benzene rings is 2. The predicted molar refractivity (Wildman–Crippen MR) is 112 cm³/mol. The van der Waals surface area contributed by atoms with E-state index in [1.54, 1.807) is 0 Å². The first-order chi connectivity index (χ1) is 13.9. The van der Waals surface area contributed by atoms with Crippen molar-refractivity contribution in [3.8, 4) is 0 Å². The molecular weight excluding hydrogens is 392 g/mol. The summed E-state index contributed by atoms with van der Waals surface area (Å²) in [4.78, 5) is 10.6. The summed E-state index contributed by atoms with van der Waals surface area (Å²) in [6, 6.07) is 12.3. The third-order valence-corrected chi connectivity index (χ3v) is 7.48. The van der Waals surface area contributed by atoms with Crippen LogP contribution >= 0.6 is 0 Å². The number of nitrogens with zero attached hydrogens (tertiary/aromatic N) is 2. The number of nitro benzene ring substituents is 1. The first-order valence-electron chi connectivity index (χ1n) is 9.82. The van der Waals surface area contributed by atoms with Gasteiger partial charge < -0.3 is 10.6 Å². The molecule has 1 atom stereocenters. The van der Waals surface area contributed by atoms with Crippen LogP contribution in [-0.4, -0.2) is 43.3 Å². The number of hydrogen-bond acceptors (Lipinski definition) is 6. The van der Waals surface area contributed by atoms with Gasteiger partial charge in [-0.05, 0) is 43.4 Å². The largest absolute Gasteiger partial charge is 0.382 e. The molecule has 0 aromatic heterocycles. The van der Waals surface area contributed by atoms with E-state index >= 15 is 0 Å². The lowest BCUT2D eigenvalue weighted by Gasteiger charge is -2.28. The van der Waals surface area contributed by atoms with Crippen LogP contribution in [0.15, 0.2) is 47.4 Å². The Kier molecular flexibility index (Phi) is 5.42. The summed E-state index contributed by atoms with van der Waals surface area (Å²) in [5.74, 6) is 0. The van der Waals surface area contributed by atoms with Gasteiger partial charge in [0, 0.05) is 43.5 Å². The Labute approximate surface area is 170 Å². The molecule has 0 bridgehead atoms. The van der Waals surface area contributed by atoms with Gasteiger partial charge in [-0.15, -0.1) is 0 Å². The maximum atomic E-state index is 13.1. The predicted octanol–water partition coefficient (Wildman–Crippen LogP) is 3.22. The lowest BCUT2D eigenvalue weighted by atomic mass is 9.98. The molecular formula is C20H24N4O4S. The Balaban J connectivity index is 1.56. The third kappa shape index (κ3) is 4.06. The number of anilines is 2. The zero-order valence-corrected chi connectivity index (χ0v) is 16.8. The van der Waals surface area contributed by atoms with Crippen molar-refractivity contribution in [3.63, 3.8) is 0 Å². The number of sulfonamides is 1. The molecule has 2 aliphatic heterocycles. The van der Waals surface area contributed by atoms with E-state index in [1.807, 2.05) is 18.2 Å². The summed E-state index contributed by atoms with van der Waals surface area (Å²) in [6.45, 7) is 1.42. The standard InChI is InChI=1S/C20H24N4O4S/c25-24(26)17-9-10-19(20(13-17)29(27,28)23-11-3-4-12-23)21-14-16-8-7-15-5-1-2-6-18(15)22-16/h1-2,5-6,9-10,13,16,21-22H,3-4,7-8,11-12,14H2. The number of aryl methyl sites for hydroxylation is 1. The SMILES string of the molecule is O=[N+]([O-])c1ccc(NCC2CCc3ccccc3N2)c(S(=O)(=O)N2CCCC2)c1. The molecule has 2 aromatic rings. The van der Waals surface area contributed by atoms with E-state index in [0.29, 0.717) is 25.3 Å². The molecule has 0 amide bonds. The van der Waals surface area contributed by atoms with Crippen LogP contribution in [0, 0.1) is 10.1 Å². The molecule has 2 aromatic carbocycles. The summed E-state index contributed by atoms with van der Waals surface area (Å²) in [7, 11) is -3.78. The van der Waals surface area contributed by atoms with E-state index in [1.165, 1.54) is 28.1 Å². The fourth-order valence-corrected chi connectivity index (χ4v) is 5.64. The maximum Gasteiger partial charge on any atom is 0.270 e. The topological polar surface area (TPSA) is 105 Å². The van der Waals surface area contributed by atoms with Crippen molar-refractivity contribution in [2.75, 3.05) is 30.3 Å². The van der Waals surface area contributed by atoms with Crippen LogP contribution in [0.5, 0.6) is 0 Å². The van der Waals surface area contributed by atoms with E-state index in [9.17, 15) is 18.5 Å². The Bertz CT molecular complexity index is 1020. The van der Waals surface area contributed by atoms with Crippen molar-refractivity contribution >= 4 is 27.1 Å². The molecule has 9 heteroatoms. The molecule has 0 saturated carbocycles. The molecule has 4 rings (SSSR count). The lowest BCUT2D eigenvalue weighted by Crippen LogP contribution is -2.33. The van der Waals surface area contributed by atoms with Crippen molar-refractivity contribution in [1.82, 2.24) is 4.31 Å². The van der Waals surface area contributed by atoms with Gasteiger partial charge in [0.25, 0.3) is 5.69 Å². The van der Waals surface area contributed by atoms with Gasteiger partial charge in [0.15, 0.2) is 0 Å². The first-order valence-corrected chi connectivity index (χ1v) is 11.3. The third-order valence-electron chi connectivity index (χ3n) is 5.54. The van der Waals surface area contributed by atoms with Crippen LogP contribution in [0.2, 0.25) is 0 Å². The number of hydrogen-bond donors (Lipinski definition) is 2. The van der Waals surface area contributed by atoms with Crippen molar-refractivity contribution in [2.45, 2.75) is 36.6 Å². The fourth-order valence-electron chi connectivity index (χ4n) is 3.94. The molecule has 2 aliphatic rings. The van der Waals surface area contributed by atoms with Crippen LogP contribution in [0.25, 0.3) is 0 Å². The van der Waals surface area contributed by atoms with Gasteiger partial charge in [0.2, 0.25) is 10.0 Å². The lowest BCUT2D eigenvalue weighted by molar-refractivity contribution is -0.385. The molecule has 2 N–H and O–H groups in total. The monoisotopic (exact) mass is 416 g/mol. The van der Waals surface area contributed by atoms with E-state index in [4.69, 9.17) is 0 Å². The number of nitrogens with one attached hydrogen (secondary N) is 2. The average molecular weight is 417 g/mol. The highest BCUT2D eigenvalue weighted by atomic mass is 32.2.